The maximum atomic E-state index is 9.15. The summed E-state index contributed by atoms with van der Waals surface area (Å²) >= 11 is 0. The van der Waals surface area contributed by atoms with E-state index in [9.17, 15) is 0 Å². The topological polar surface area (TPSA) is 80.9 Å². The zero-order chi connectivity index (χ0) is 9.30. The molecular weight excluding hydrogens is 160 g/mol. The zero-order valence-corrected chi connectivity index (χ0v) is 6.52. The van der Waals surface area contributed by atoms with Crippen molar-refractivity contribution >= 4 is 0 Å². The molecule has 0 aliphatic rings. The highest BCUT2D eigenvalue weighted by Crippen LogP contribution is 2.29. The van der Waals surface area contributed by atoms with Crippen LogP contribution in [-0.2, 0) is 0 Å². The summed E-state index contributed by atoms with van der Waals surface area (Å²) in [5.74, 6) is -0.309. The molecule has 0 aromatic heterocycles. The Kier molecular flexibility index (Phi) is 2.21. The molecule has 12 heavy (non-hydrogen) atoms. The summed E-state index contributed by atoms with van der Waals surface area (Å²) < 4.78 is 0. The minimum atomic E-state index is -1.68. The number of aromatic hydroxyl groups is 2. The SMILES string of the molecule is Cc1c(O)cc(C(O)O)cc1O. The van der Waals surface area contributed by atoms with Gasteiger partial charge in [-0.3, -0.25) is 0 Å². The van der Waals surface area contributed by atoms with Crippen LogP contribution < -0.4 is 0 Å². The summed E-state index contributed by atoms with van der Waals surface area (Å²) in [7, 11) is 0. The largest absolute Gasteiger partial charge is 0.508 e. The first-order valence-corrected chi connectivity index (χ1v) is 3.41. The maximum Gasteiger partial charge on any atom is 0.178 e. The molecule has 0 radical (unpaired) electrons. The molecule has 4 heteroatoms. The number of aliphatic hydroxyl groups excluding tert-OH is 1. The van der Waals surface area contributed by atoms with Crippen LogP contribution in [0.3, 0.4) is 0 Å². The predicted octanol–water partition coefficient (Wildman–Crippen LogP) is 0.389. The molecule has 1 rings (SSSR count). The van der Waals surface area contributed by atoms with E-state index in [1.807, 2.05) is 0 Å². The molecular formula is C8H10O4. The molecule has 66 valence electrons. The Balaban J connectivity index is 3.21. The van der Waals surface area contributed by atoms with Crippen molar-refractivity contribution in [2.45, 2.75) is 13.2 Å². The van der Waals surface area contributed by atoms with Crippen LogP contribution in [0.1, 0.15) is 17.4 Å². The number of phenolic OH excluding ortho intramolecular Hbond substituents is 2. The molecule has 0 heterocycles. The molecule has 0 aliphatic carbocycles. The van der Waals surface area contributed by atoms with Crippen molar-refractivity contribution in [1.29, 1.82) is 0 Å². The number of hydrogen-bond donors (Lipinski definition) is 4. The van der Waals surface area contributed by atoms with Crippen molar-refractivity contribution in [3.8, 4) is 11.5 Å². The van der Waals surface area contributed by atoms with Gasteiger partial charge in [-0.1, -0.05) is 0 Å². The number of phenols is 2. The Morgan fingerprint density at radius 2 is 1.50 bits per heavy atom. The molecule has 4 N–H and O–H groups in total. The molecule has 0 bridgehead atoms. The summed E-state index contributed by atoms with van der Waals surface area (Å²) in [6.45, 7) is 1.53. The molecule has 0 saturated heterocycles. The van der Waals surface area contributed by atoms with E-state index in [-0.39, 0.29) is 17.1 Å². The fraction of sp³-hybridized carbons (Fsp3) is 0.250. The number of benzene rings is 1. The van der Waals surface area contributed by atoms with Crippen LogP contribution in [0, 0.1) is 6.92 Å². The van der Waals surface area contributed by atoms with Crippen molar-refractivity contribution in [2.24, 2.45) is 0 Å². The Morgan fingerprint density at radius 3 is 1.83 bits per heavy atom. The predicted molar refractivity (Wildman–Crippen MR) is 41.7 cm³/mol. The molecule has 0 fully saturated rings. The van der Waals surface area contributed by atoms with E-state index in [0.717, 1.165) is 0 Å². The summed E-state index contributed by atoms with van der Waals surface area (Å²) in [6.07, 6.45) is -1.68. The lowest BCUT2D eigenvalue weighted by atomic mass is 10.1. The Labute approximate surface area is 69.3 Å². The van der Waals surface area contributed by atoms with Crippen molar-refractivity contribution < 1.29 is 20.4 Å². The van der Waals surface area contributed by atoms with E-state index < -0.39 is 6.29 Å². The van der Waals surface area contributed by atoms with Gasteiger partial charge in [0.15, 0.2) is 6.29 Å². The average Bonchev–Trinajstić information content (AvgIpc) is 1.99. The van der Waals surface area contributed by atoms with E-state index in [0.29, 0.717) is 5.56 Å². The molecule has 0 amide bonds. The third-order valence-electron chi connectivity index (χ3n) is 1.67. The fourth-order valence-corrected chi connectivity index (χ4v) is 0.854. The van der Waals surface area contributed by atoms with Crippen LogP contribution in [0.2, 0.25) is 0 Å². The van der Waals surface area contributed by atoms with Gasteiger partial charge in [-0.2, -0.15) is 0 Å². The molecule has 0 aliphatic heterocycles. The van der Waals surface area contributed by atoms with E-state index in [2.05, 4.69) is 0 Å². The molecule has 0 spiro atoms. The van der Waals surface area contributed by atoms with Gasteiger partial charge in [0.1, 0.15) is 11.5 Å². The highest BCUT2D eigenvalue weighted by atomic mass is 16.5. The van der Waals surface area contributed by atoms with Gasteiger partial charge in [0.05, 0.1) is 0 Å². The van der Waals surface area contributed by atoms with Crippen molar-refractivity contribution in [3.63, 3.8) is 0 Å². The number of hydrogen-bond acceptors (Lipinski definition) is 4. The quantitative estimate of drug-likeness (QED) is 0.459. The smallest absolute Gasteiger partial charge is 0.178 e. The van der Waals surface area contributed by atoms with Gasteiger partial charge in [0.25, 0.3) is 0 Å². The van der Waals surface area contributed by atoms with E-state index >= 15 is 0 Å². The summed E-state index contributed by atoms with van der Waals surface area (Å²) in [5, 5.41) is 35.7. The van der Waals surface area contributed by atoms with Crippen molar-refractivity contribution in [2.75, 3.05) is 0 Å². The van der Waals surface area contributed by atoms with Gasteiger partial charge in [-0.15, -0.1) is 0 Å². The first-order valence-electron chi connectivity index (χ1n) is 3.41. The third kappa shape index (κ3) is 1.49. The molecule has 1 aromatic carbocycles. The van der Waals surface area contributed by atoms with E-state index in [4.69, 9.17) is 20.4 Å². The van der Waals surface area contributed by atoms with Crippen LogP contribution in [-0.4, -0.2) is 20.4 Å². The number of rotatable bonds is 1. The van der Waals surface area contributed by atoms with Gasteiger partial charge < -0.3 is 20.4 Å². The third-order valence-corrected chi connectivity index (χ3v) is 1.67. The van der Waals surface area contributed by atoms with Crippen LogP contribution in [0.4, 0.5) is 0 Å². The minimum Gasteiger partial charge on any atom is -0.508 e. The van der Waals surface area contributed by atoms with E-state index in [1.54, 1.807) is 0 Å². The second kappa shape index (κ2) is 3.00. The molecule has 0 unspecified atom stereocenters. The first kappa shape index (κ1) is 8.83. The lowest BCUT2D eigenvalue weighted by Gasteiger charge is -2.07. The lowest BCUT2D eigenvalue weighted by Crippen LogP contribution is -1.94. The second-order valence-corrected chi connectivity index (χ2v) is 2.56. The maximum absolute atomic E-state index is 9.15. The van der Waals surface area contributed by atoms with Gasteiger partial charge in [0, 0.05) is 11.1 Å². The highest BCUT2D eigenvalue weighted by Gasteiger charge is 2.09. The Bertz CT molecular complexity index is 270. The van der Waals surface area contributed by atoms with E-state index in [1.165, 1.54) is 19.1 Å². The normalized spacial score (nSPS) is 10.7. The monoisotopic (exact) mass is 170 g/mol. The van der Waals surface area contributed by atoms with Crippen LogP contribution in [0.15, 0.2) is 12.1 Å². The Hall–Kier alpha value is -1.26. The summed E-state index contributed by atoms with van der Waals surface area (Å²) in [6, 6.07) is 2.39. The van der Waals surface area contributed by atoms with Crippen LogP contribution in [0.5, 0.6) is 11.5 Å². The Morgan fingerprint density at radius 1 is 1.08 bits per heavy atom. The zero-order valence-electron chi connectivity index (χ0n) is 6.52. The van der Waals surface area contributed by atoms with Crippen molar-refractivity contribution in [3.05, 3.63) is 23.3 Å². The van der Waals surface area contributed by atoms with Crippen LogP contribution in [0.25, 0.3) is 0 Å². The molecule has 4 nitrogen and oxygen atoms in total. The minimum absolute atomic E-state index is 0.0654. The van der Waals surface area contributed by atoms with Gasteiger partial charge in [0.2, 0.25) is 0 Å². The molecule has 0 atom stereocenters. The van der Waals surface area contributed by atoms with Gasteiger partial charge >= 0.3 is 0 Å². The second-order valence-electron chi connectivity index (χ2n) is 2.56. The average molecular weight is 170 g/mol. The summed E-state index contributed by atoms with van der Waals surface area (Å²) in [5.41, 5.74) is 0.384. The van der Waals surface area contributed by atoms with Gasteiger partial charge in [-0.05, 0) is 19.1 Å². The fourth-order valence-electron chi connectivity index (χ4n) is 0.854. The highest BCUT2D eigenvalue weighted by molar-refractivity contribution is 5.45. The van der Waals surface area contributed by atoms with Crippen molar-refractivity contribution in [1.82, 2.24) is 0 Å². The molecule has 1 aromatic rings. The lowest BCUT2D eigenvalue weighted by molar-refractivity contribution is -0.0427. The number of aliphatic hydroxyl groups is 2. The van der Waals surface area contributed by atoms with Crippen LogP contribution >= 0.6 is 0 Å². The van der Waals surface area contributed by atoms with Gasteiger partial charge in [-0.25, -0.2) is 0 Å². The summed E-state index contributed by atoms with van der Waals surface area (Å²) in [4.78, 5) is 0. The first-order chi connectivity index (χ1) is 5.52. The molecule has 0 saturated carbocycles. The standard InChI is InChI=1S/C8H10O4/c1-4-6(9)2-5(8(11)12)3-7(4)10/h2-3,8-12H,1H3.